The first-order valence-corrected chi connectivity index (χ1v) is 2.46. The Hall–Kier alpha value is -0.0800. The fourth-order valence-corrected chi connectivity index (χ4v) is 1.49. The summed E-state index contributed by atoms with van der Waals surface area (Å²) in [5.41, 5.74) is 0.694. The van der Waals surface area contributed by atoms with Crippen LogP contribution in [0, 0.1) is 0 Å². The van der Waals surface area contributed by atoms with Crippen molar-refractivity contribution < 1.29 is 0 Å². The molecule has 0 aromatic carbocycles. The molecular weight excluding hydrogens is 76.1 g/mol. The zero-order chi connectivity index (χ0) is 3.78. The van der Waals surface area contributed by atoms with E-state index in [1.165, 1.54) is 6.42 Å². The molecule has 0 radical (unpaired) electrons. The lowest BCUT2D eigenvalue weighted by Crippen LogP contribution is -2.35. The molecule has 3 fully saturated rings. The molecular formula is C4H6N2. The zero-order valence-corrected chi connectivity index (χ0v) is 3.36. The molecule has 2 heterocycles. The maximum atomic E-state index is 3.34. The minimum atomic E-state index is 0.694. The number of rotatable bonds is 0. The molecule has 2 unspecified atom stereocenters. The van der Waals surface area contributed by atoms with Gasteiger partial charge >= 0.3 is 0 Å². The largest absolute Gasteiger partial charge is 0.295 e. The number of hydrogen-bond acceptors (Lipinski definition) is 2. The first-order chi connectivity index (χ1) is 2.92. The molecule has 2 N–H and O–H groups in total. The highest BCUT2D eigenvalue weighted by Crippen LogP contribution is 2.57. The van der Waals surface area contributed by atoms with E-state index in [0.29, 0.717) is 5.54 Å². The van der Waals surface area contributed by atoms with E-state index >= 15 is 0 Å². The molecule has 2 aliphatic heterocycles. The normalized spacial score (nSPS) is 80.0. The van der Waals surface area contributed by atoms with Crippen LogP contribution in [-0.2, 0) is 0 Å². The van der Waals surface area contributed by atoms with Gasteiger partial charge in [-0.15, -0.1) is 0 Å². The van der Waals surface area contributed by atoms with Crippen LogP contribution in [-0.4, -0.2) is 17.7 Å². The third kappa shape index (κ3) is 0.0696. The first-order valence-electron chi connectivity index (χ1n) is 2.46. The molecule has 32 valence electrons. The molecule has 0 aromatic rings. The second-order valence-electron chi connectivity index (χ2n) is 2.54. The molecule has 0 bridgehead atoms. The Balaban J connectivity index is 2.26. The van der Waals surface area contributed by atoms with Gasteiger partial charge in [0.1, 0.15) is 0 Å². The molecule has 6 heavy (non-hydrogen) atoms. The van der Waals surface area contributed by atoms with Gasteiger partial charge in [-0.3, -0.25) is 10.6 Å². The van der Waals surface area contributed by atoms with E-state index in [9.17, 15) is 0 Å². The van der Waals surface area contributed by atoms with Crippen LogP contribution in [0.1, 0.15) is 6.42 Å². The van der Waals surface area contributed by atoms with E-state index in [1.807, 2.05) is 0 Å². The predicted molar refractivity (Wildman–Crippen MR) is 21.2 cm³/mol. The Morgan fingerprint density at radius 2 is 2.67 bits per heavy atom. The van der Waals surface area contributed by atoms with Crippen molar-refractivity contribution in [3.63, 3.8) is 0 Å². The molecule has 2 saturated heterocycles. The summed E-state index contributed by atoms with van der Waals surface area (Å²) >= 11 is 0. The highest BCUT2D eigenvalue weighted by atomic mass is 15.5. The highest BCUT2D eigenvalue weighted by molar-refractivity contribution is 5.41. The lowest BCUT2D eigenvalue weighted by atomic mass is 10.3. The Labute approximate surface area is 35.9 Å². The topological polar surface area (TPSA) is 34.0 Å². The SMILES string of the molecule is C1C2NC3N[C@]123. The standard InChI is InChI=1S/C4H6N2/c1-2-4(1)3(5-2)6-4/h2-3,5-6H,1H2/t2?,3?,4-/m1/s1. The Kier molecular flexibility index (Phi) is 0.129. The van der Waals surface area contributed by atoms with Crippen molar-refractivity contribution >= 4 is 0 Å². The lowest BCUT2D eigenvalue weighted by molar-refractivity contribution is 0.562. The summed E-state index contributed by atoms with van der Waals surface area (Å²) in [6.45, 7) is 0. The van der Waals surface area contributed by atoms with Crippen LogP contribution in [0.15, 0.2) is 0 Å². The van der Waals surface area contributed by atoms with Crippen molar-refractivity contribution in [2.75, 3.05) is 0 Å². The van der Waals surface area contributed by atoms with E-state index in [0.717, 1.165) is 12.2 Å². The van der Waals surface area contributed by atoms with Gasteiger partial charge in [-0.2, -0.15) is 0 Å². The van der Waals surface area contributed by atoms with Gasteiger partial charge in [0.05, 0.1) is 11.7 Å². The monoisotopic (exact) mass is 82.1 g/mol. The van der Waals surface area contributed by atoms with Crippen molar-refractivity contribution in [1.29, 1.82) is 0 Å². The first kappa shape index (κ1) is 2.28. The molecule has 1 aliphatic carbocycles. The van der Waals surface area contributed by atoms with E-state index < -0.39 is 0 Å². The minimum absolute atomic E-state index is 0.694. The summed E-state index contributed by atoms with van der Waals surface area (Å²) in [5.74, 6) is 0. The van der Waals surface area contributed by atoms with Crippen molar-refractivity contribution in [1.82, 2.24) is 10.6 Å². The molecule has 2 heteroatoms. The van der Waals surface area contributed by atoms with Gasteiger partial charge in [0.25, 0.3) is 0 Å². The Bertz CT molecular complexity index is 103. The fraction of sp³-hybridized carbons (Fsp3) is 1.00. The van der Waals surface area contributed by atoms with Gasteiger partial charge in [0, 0.05) is 6.04 Å². The molecule has 3 aliphatic rings. The third-order valence-electron chi connectivity index (χ3n) is 2.22. The number of hydrogen-bond donors (Lipinski definition) is 2. The van der Waals surface area contributed by atoms with E-state index in [-0.39, 0.29) is 0 Å². The van der Waals surface area contributed by atoms with Crippen LogP contribution >= 0.6 is 0 Å². The van der Waals surface area contributed by atoms with Gasteiger partial charge in [-0.1, -0.05) is 0 Å². The third-order valence-corrected chi connectivity index (χ3v) is 2.22. The Morgan fingerprint density at radius 1 is 1.67 bits per heavy atom. The van der Waals surface area contributed by atoms with Gasteiger partial charge in [-0.25, -0.2) is 0 Å². The van der Waals surface area contributed by atoms with E-state index in [2.05, 4.69) is 10.6 Å². The summed E-state index contributed by atoms with van der Waals surface area (Å²) in [5, 5.41) is 6.68. The van der Waals surface area contributed by atoms with Crippen LogP contribution in [0.2, 0.25) is 0 Å². The fourth-order valence-electron chi connectivity index (χ4n) is 1.49. The molecule has 1 spiro atoms. The predicted octanol–water partition coefficient (Wildman–Crippen LogP) is -0.970. The van der Waals surface area contributed by atoms with Gasteiger partial charge in [-0.05, 0) is 6.42 Å². The highest BCUT2D eigenvalue weighted by Gasteiger charge is 2.80. The van der Waals surface area contributed by atoms with Crippen LogP contribution in [0.3, 0.4) is 0 Å². The van der Waals surface area contributed by atoms with Crippen LogP contribution in [0.5, 0.6) is 0 Å². The second kappa shape index (κ2) is 0.340. The number of nitrogens with one attached hydrogen (secondary N) is 2. The van der Waals surface area contributed by atoms with Crippen LogP contribution < -0.4 is 10.6 Å². The average Bonchev–Trinajstić information content (AvgIpc) is 2.31. The molecule has 0 amide bonds. The molecule has 3 atom stereocenters. The molecule has 3 rings (SSSR count). The lowest BCUT2D eigenvalue weighted by Gasteiger charge is -2.04. The summed E-state index contributed by atoms with van der Waals surface area (Å²) in [7, 11) is 0. The second-order valence-corrected chi connectivity index (χ2v) is 2.54. The summed E-state index contributed by atoms with van der Waals surface area (Å²) in [6.07, 6.45) is 2.15. The van der Waals surface area contributed by atoms with E-state index in [4.69, 9.17) is 0 Å². The smallest absolute Gasteiger partial charge is 0.0784 e. The van der Waals surface area contributed by atoms with Crippen LogP contribution in [0.4, 0.5) is 0 Å². The van der Waals surface area contributed by atoms with E-state index in [1.54, 1.807) is 0 Å². The van der Waals surface area contributed by atoms with Crippen molar-refractivity contribution in [3.05, 3.63) is 0 Å². The average molecular weight is 82.1 g/mol. The van der Waals surface area contributed by atoms with Crippen molar-refractivity contribution in [2.45, 2.75) is 24.2 Å². The summed E-state index contributed by atoms with van der Waals surface area (Å²) in [6, 6.07) is 0.891. The molecule has 1 saturated carbocycles. The van der Waals surface area contributed by atoms with Gasteiger partial charge in [0.2, 0.25) is 0 Å². The summed E-state index contributed by atoms with van der Waals surface area (Å²) in [4.78, 5) is 0. The zero-order valence-electron chi connectivity index (χ0n) is 3.36. The minimum Gasteiger partial charge on any atom is -0.295 e. The van der Waals surface area contributed by atoms with Crippen LogP contribution in [0.25, 0.3) is 0 Å². The van der Waals surface area contributed by atoms with Gasteiger partial charge < -0.3 is 0 Å². The molecule has 2 nitrogen and oxygen atoms in total. The maximum Gasteiger partial charge on any atom is 0.0784 e. The van der Waals surface area contributed by atoms with Crippen molar-refractivity contribution in [3.8, 4) is 0 Å². The summed E-state index contributed by atoms with van der Waals surface area (Å²) < 4.78 is 0. The van der Waals surface area contributed by atoms with Crippen molar-refractivity contribution in [2.24, 2.45) is 0 Å². The maximum absolute atomic E-state index is 3.34. The van der Waals surface area contributed by atoms with Gasteiger partial charge in [0.15, 0.2) is 0 Å². The quantitative estimate of drug-likeness (QED) is 0.369. The molecule has 0 aromatic heterocycles. The Morgan fingerprint density at radius 3 is 2.67 bits per heavy atom.